The summed E-state index contributed by atoms with van der Waals surface area (Å²) in [6.07, 6.45) is 5.92. The molecule has 32 heavy (non-hydrogen) atoms. The van der Waals surface area contributed by atoms with Gasteiger partial charge in [-0.15, -0.1) is 0 Å². The number of hydrogen-bond acceptors (Lipinski definition) is 4. The Balaban J connectivity index is 1.27. The molecule has 1 aliphatic heterocycles. The first kappa shape index (κ1) is 22.8. The lowest BCUT2D eigenvalue weighted by molar-refractivity contribution is -0.133. The fourth-order valence-corrected chi connectivity index (χ4v) is 5.07. The van der Waals surface area contributed by atoms with Crippen LogP contribution < -0.4 is 10.2 Å². The molecule has 1 atom stereocenters. The van der Waals surface area contributed by atoms with E-state index in [1.54, 1.807) is 12.1 Å². The van der Waals surface area contributed by atoms with Gasteiger partial charge in [-0.3, -0.25) is 9.69 Å². The number of hydrogen-bond donors (Lipinski definition) is 2. The van der Waals surface area contributed by atoms with E-state index in [0.717, 1.165) is 70.5 Å². The zero-order valence-corrected chi connectivity index (χ0v) is 18.9. The SMILES string of the molecule is CC[C@@H](CCN1CCN(c2cccc(F)c2)CC1)C(=O)NC1=C(C(=O)O)CC2(CC1)CC2. The molecule has 3 aliphatic rings. The number of carbonyl (C=O) groups is 2. The zero-order chi connectivity index (χ0) is 22.7. The molecule has 2 N–H and O–H groups in total. The van der Waals surface area contributed by atoms with Crippen LogP contribution in [0.25, 0.3) is 0 Å². The van der Waals surface area contributed by atoms with Crippen molar-refractivity contribution >= 4 is 17.6 Å². The smallest absolute Gasteiger partial charge is 0.333 e. The Bertz CT molecular complexity index is 888. The lowest BCUT2D eigenvalue weighted by atomic mass is 9.83. The molecule has 7 heteroatoms. The highest BCUT2D eigenvalue weighted by Gasteiger charge is 2.46. The number of nitrogens with one attached hydrogen (secondary N) is 1. The molecule has 1 saturated carbocycles. The van der Waals surface area contributed by atoms with Gasteiger partial charge in [0, 0.05) is 43.5 Å². The number of anilines is 1. The van der Waals surface area contributed by atoms with E-state index in [4.69, 9.17) is 0 Å². The molecule has 1 aromatic carbocycles. The molecule has 1 heterocycles. The highest BCUT2D eigenvalue weighted by Crippen LogP contribution is 2.57. The molecule has 174 valence electrons. The highest BCUT2D eigenvalue weighted by molar-refractivity contribution is 5.90. The second-order valence-corrected chi connectivity index (χ2v) is 9.63. The number of carbonyl (C=O) groups excluding carboxylic acids is 1. The average Bonchev–Trinajstić information content (AvgIpc) is 3.54. The van der Waals surface area contributed by atoms with Gasteiger partial charge in [-0.1, -0.05) is 13.0 Å². The Morgan fingerprint density at radius 2 is 1.94 bits per heavy atom. The highest BCUT2D eigenvalue weighted by atomic mass is 19.1. The number of amides is 1. The number of allylic oxidation sites excluding steroid dienone is 1. The molecule has 1 amide bonds. The van der Waals surface area contributed by atoms with Crippen molar-refractivity contribution in [2.45, 2.75) is 51.9 Å². The lowest BCUT2D eigenvalue weighted by Gasteiger charge is -2.36. The normalized spacial score (nSPS) is 21.5. The van der Waals surface area contributed by atoms with Crippen LogP contribution in [-0.4, -0.2) is 54.6 Å². The van der Waals surface area contributed by atoms with Crippen LogP contribution in [0.3, 0.4) is 0 Å². The van der Waals surface area contributed by atoms with Gasteiger partial charge in [-0.2, -0.15) is 0 Å². The summed E-state index contributed by atoms with van der Waals surface area (Å²) in [5.41, 5.74) is 2.14. The molecule has 1 spiro atoms. The van der Waals surface area contributed by atoms with E-state index in [9.17, 15) is 19.1 Å². The van der Waals surface area contributed by atoms with E-state index < -0.39 is 5.97 Å². The second-order valence-electron chi connectivity index (χ2n) is 9.63. The van der Waals surface area contributed by atoms with Crippen molar-refractivity contribution in [2.75, 3.05) is 37.6 Å². The summed E-state index contributed by atoms with van der Waals surface area (Å²) in [7, 11) is 0. The molecule has 0 aromatic heterocycles. The molecule has 2 fully saturated rings. The number of halogens is 1. The summed E-state index contributed by atoms with van der Waals surface area (Å²) in [5.74, 6) is -1.29. The first-order valence-corrected chi connectivity index (χ1v) is 11.9. The summed E-state index contributed by atoms with van der Waals surface area (Å²) in [6, 6.07) is 6.71. The van der Waals surface area contributed by atoms with Crippen molar-refractivity contribution in [3.05, 3.63) is 41.4 Å². The fraction of sp³-hybridized carbons (Fsp3) is 0.600. The van der Waals surface area contributed by atoms with Crippen LogP contribution in [0.15, 0.2) is 35.5 Å². The van der Waals surface area contributed by atoms with Crippen molar-refractivity contribution in [3.63, 3.8) is 0 Å². The van der Waals surface area contributed by atoms with Gasteiger partial charge in [0.1, 0.15) is 5.82 Å². The van der Waals surface area contributed by atoms with Crippen LogP contribution >= 0.6 is 0 Å². The van der Waals surface area contributed by atoms with Crippen molar-refractivity contribution < 1.29 is 19.1 Å². The van der Waals surface area contributed by atoms with Crippen molar-refractivity contribution in [1.29, 1.82) is 0 Å². The maximum atomic E-state index is 13.5. The fourth-order valence-electron chi connectivity index (χ4n) is 5.07. The number of carboxylic acids is 1. The minimum atomic E-state index is -0.893. The largest absolute Gasteiger partial charge is 0.478 e. The predicted molar refractivity (Wildman–Crippen MR) is 122 cm³/mol. The third kappa shape index (κ3) is 5.31. The van der Waals surface area contributed by atoms with Crippen LogP contribution in [0, 0.1) is 17.2 Å². The van der Waals surface area contributed by atoms with Crippen LogP contribution in [0.5, 0.6) is 0 Å². The van der Waals surface area contributed by atoms with E-state index >= 15 is 0 Å². The van der Waals surface area contributed by atoms with Crippen LogP contribution in [0.4, 0.5) is 10.1 Å². The summed E-state index contributed by atoms with van der Waals surface area (Å²) < 4.78 is 13.5. The predicted octanol–water partition coefficient (Wildman–Crippen LogP) is 3.78. The van der Waals surface area contributed by atoms with Gasteiger partial charge in [0.2, 0.25) is 5.91 Å². The molecular weight excluding hydrogens is 409 g/mol. The van der Waals surface area contributed by atoms with Crippen LogP contribution in [-0.2, 0) is 9.59 Å². The first-order chi connectivity index (χ1) is 15.4. The Labute approximate surface area is 189 Å². The molecule has 4 rings (SSSR count). The average molecular weight is 444 g/mol. The van der Waals surface area contributed by atoms with Crippen molar-refractivity contribution in [2.24, 2.45) is 11.3 Å². The molecule has 0 bridgehead atoms. The molecule has 1 saturated heterocycles. The number of aliphatic carboxylic acids is 1. The Morgan fingerprint density at radius 3 is 2.56 bits per heavy atom. The van der Waals surface area contributed by atoms with Gasteiger partial charge in [0.05, 0.1) is 5.57 Å². The minimum absolute atomic E-state index is 0.0496. The van der Waals surface area contributed by atoms with Crippen molar-refractivity contribution in [1.82, 2.24) is 10.2 Å². The van der Waals surface area contributed by atoms with Gasteiger partial charge in [-0.25, -0.2) is 9.18 Å². The molecule has 0 unspecified atom stereocenters. The maximum absolute atomic E-state index is 13.5. The topological polar surface area (TPSA) is 72.9 Å². The number of rotatable bonds is 8. The molecular formula is C25H34FN3O3. The van der Waals surface area contributed by atoms with E-state index in [-0.39, 0.29) is 23.1 Å². The van der Waals surface area contributed by atoms with Gasteiger partial charge in [-0.05, 0) is 75.1 Å². The minimum Gasteiger partial charge on any atom is -0.478 e. The maximum Gasteiger partial charge on any atom is 0.333 e. The lowest BCUT2D eigenvalue weighted by Crippen LogP contribution is -2.47. The third-order valence-electron chi connectivity index (χ3n) is 7.51. The Morgan fingerprint density at radius 1 is 1.19 bits per heavy atom. The number of nitrogens with zero attached hydrogens (tertiary/aromatic N) is 2. The Hall–Kier alpha value is -2.41. The standard InChI is InChI=1S/C25H34FN3O3/c1-2-18(23(30)27-22-6-8-25(9-10-25)17-21(22)24(31)32)7-11-28-12-14-29(15-13-28)20-5-3-4-19(26)16-20/h3-5,16,18H,2,6-15,17H2,1H3,(H,27,30)(H,31,32)/t18-/m0/s1. The van der Waals surface area contributed by atoms with Gasteiger partial charge in [0.25, 0.3) is 0 Å². The number of carboxylic acid groups (broad SMARTS) is 1. The zero-order valence-electron chi connectivity index (χ0n) is 18.9. The monoisotopic (exact) mass is 443 g/mol. The van der Waals surface area contributed by atoms with Gasteiger partial charge < -0.3 is 15.3 Å². The van der Waals surface area contributed by atoms with Gasteiger partial charge >= 0.3 is 5.97 Å². The summed E-state index contributed by atoms with van der Waals surface area (Å²) in [4.78, 5) is 29.2. The molecule has 2 aliphatic carbocycles. The van der Waals surface area contributed by atoms with Crippen LogP contribution in [0.1, 0.15) is 51.9 Å². The molecule has 0 radical (unpaired) electrons. The van der Waals surface area contributed by atoms with E-state index in [0.29, 0.717) is 24.1 Å². The van der Waals surface area contributed by atoms with E-state index in [1.807, 2.05) is 13.0 Å². The van der Waals surface area contributed by atoms with E-state index in [2.05, 4.69) is 15.1 Å². The number of piperazine rings is 1. The summed E-state index contributed by atoms with van der Waals surface area (Å²) in [6.45, 7) is 6.28. The molecule has 1 aromatic rings. The van der Waals surface area contributed by atoms with E-state index in [1.165, 1.54) is 6.07 Å². The van der Waals surface area contributed by atoms with Crippen molar-refractivity contribution in [3.8, 4) is 0 Å². The third-order valence-corrected chi connectivity index (χ3v) is 7.51. The molecule has 6 nitrogen and oxygen atoms in total. The van der Waals surface area contributed by atoms with Crippen LogP contribution in [0.2, 0.25) is 0 Å². The first-order valence-electron chi connectivity index (χ1n) is 11.9. The second kappa shape index (κ2) is 9.61. The van der Waals surface area contributed by atoms with Gasteiger partial charge in [0.15, 0.2) is 0 Å². The quantitative estimate of drug-likeness (QED) is 0.640. The summed E-state index contributed by atoms with van der Waals surface area (Å²) in [5, 5.41) is 12.6. The Kier molecular flexibility index (Phi) is 6.84. The number of benzene rings is 1. The summed E-state index contributed by atoms with van der Waals surface area (Å²) >= 11 is 0.